The quantitative estimate of drug-likeness (QED) is 0.161. The standard InChI is InChI=1S/C19H15FI2N4O4/c1-28-18-10(20)3-2-4-11(18)24-17-15-12-7-14(26-19(15)27)21-30-22-29-13-8-23-6-5-9(13)16(17)25-12/h2-6,8,14,24-25H,7H2,1H3,(H,26,27)/q-2/t14-/m0/s1. The number of halogens is 3. The molecule has 11 heteroatoms. The number of nitrogens with one attached hydrogen (secondary N) is 3. The molecular weight excluding hydrogens is 621 g/mol. The Balaban J connectivity index is 1.72. The van der Waals surface area contributed by atoms with Gasteiger partial charge in [-0.25, -0.2) is 0 Å². The van der Waals surface area contributed by atoms with Crippen molar-refractivity contribution >= 4 is 17.3 Å². The first kappa shape index (κ1) is 19.8. The zero-order chi connectivity index (χ0) is 20.7. The predicted octanol–water partition coefficient (Wildman–Crippen LogP) is -3.09. The van der Waals surface area contributed by atoms with E-state index in [9.17, 15) is 9.18 Å². The van der Waals surface area contributed by atoms with E-state index >= 15 is 0 Å². The van der Waals surface area contributed by atoms with Gasteiger partial charge >= 0.3 is 194 Å². The Kier molecular flexibility index (Phi) is 5.41. The molecule has 2 aliphatic heterocycles. The molecule has 0 saturated heterocycles. The Labute approximate surface area is 193 Å². The minimum atomic E-state index is -0.977. The summed E-state index contributed by atoms with van der Waals surface area (Å²) >= 11 is -1.70. The maximum atomic E-state index is 14.3. The molecule has 5 rings (SSSR count). The topological polar surface area (TPSA) is 97.5 Å². The maximum absolute atomic E-state index is 14.3. The van der Waals surface area contributed by atoms with Gasteiger partial charge in [0.2, 0.25) is 0 Å². The number of carbonyl (C=O) groups is 1. The first-order valence-electron chi connectivity index (χ1n) is 8.86. The Bertz CT molecular complexity index is 1140. The van der Waals surface area contributed by atoms with E-state index in [4.69, 9.17) is 9.20 Å². The van der Waals surface area contributed by atoms with Gasteiger partial charge in [0.05, 0.1) is 0 Å². The van der Waals surface area contributed by atoms with Crippen molar-refractivity contribution in [2.45, 2.75) is 10.5 Å². The van der Waals surface area contributed by atoms with Crippen molar-refractivity contribution in [1.29, 1.82) is 0 Å². The van der Waals surface area contributed by atoms with Crippen LogP contribution < -0.4 is 62.1 Å². The predicted molar refractivity (Wildman–Crippen MR) is 96.9 cm³/mol. The fraction of sp³-hybridized carbons (Fsp3) is 0.158. The van der Waals surface area contributed by atoms with Gasteiger partial charge in [-0.15, -0.1) is 0 Å². The monoisotopic (exact) mass is 636 g/mol. The molecular formula is C19H15FI2N4O4-2. The van der Waals surface area contributed by atoms with Gasteiger partial charge in [-0.05, 0) is 0 Å². The average molecular weight is 636 g/mol. The van der Waals surface area contributed by atoms with Crippen LogP contribution >= 0.6 is 0 Å². The summed E-state index contributed by atoms with van der Waals surface area (Å²) in [5.41, 5.74) is 3.67. The molecule has 3 aromatic rings. The molecule has 0 radical (unpaired) electrons. The number of aromatic amines is 1. The molecule has 3 N–H and O–H groups in total. The van der Waals surface area contributed by atoms with Gasteiger partial charge in [0.15, 0.2) is 0 Å². The van der Waals surface area contributed by atoms with Gasteiger partial charge in [0, 0.05) is 0 Å². The van der Waals surface area contributed by atoms with E-state index in [2.05, 4.69) is 20.6 Å². The van der Waals surface area contributed by atoms with Crippen molar-refractivity contribution in [2.75, 3.05) is 12.4 Å². The van der Waals surface area contributed by atoms with Crippen LogP contribution in [0.4, 0.5) is 15.8 Å². The van der Waals surface area contributed by atoms with Gasteiger partial charge in [-0.2, -0.15) is 0 Å². The Morgan fingerprint density at radius 1 is 1.37 bits per heavy atom. The minimum absolute atomic E-state index is 0.0468. The fourth-order valence-corrected chi connectivity index (χ4v) is 7.97. The number of nitrogens with zero attached hydrogens (tertiary/aromatic N) is 1. The Hall–Kier alpha value is -2.13. The van der Waals surface area contributed by atoms with Crippen molar-refractivity contribution in [1.82, 2.24) is 15.3 Å². The molecule has 1 aromatic carbocycles. The number of para-hydroxylation sites is 1. The van der Waals surface area contributed by atoms with Gasteiger partial charge in [0.1, 0.15) is 0 Å². The number of anilines is 2. The molecule has 4 heterocycles. The van der Waals surface area contributed by atoms with Crippen molar-refractivity contribution < 1.29 is 62.0 Å². The first-order valence-corrected chi connectivity index (χ1v) is 12.8. The van der Waals surface area contributed by atoms with Crippen LogP contribution in [0, 0.1) is 5.82 Å². The fourth-order valence-electron chi connectivity index (χ4n) is 3.48. The molecule has 158 valence electrons. The van der Waals surface area contributed by atoms with E-state index in [0.717, 1.165) is 11.3 Å². The van der Waals surface area contributed by atoms with E-state index in [0.29, 0.717) is 34.8 Å². The second kappa shape index (κ2) is 8.19. The summed E-state index contributed by atoms with van der Waals surface area (Å²) in [7, 11) is 1.41. The van der Waals surface area contributed by atoms with Gasteiger partial charge in [-0.1, -0.05) is 0 Å². The number of carbonyl (C=O) groups excluding carboxylic acids is 1. The number of ether oxygens (including phenoxy) is 1. The number of aromatic nitrogens is 2. The molecule has 3 bridgehead atoms. The molecule has 2 aliphatic rings. The van der Waals surface area contributed by atoms with Crippen molar-refractivity contribution in [3.05, 3.63) is 53.7 Å². The number of hydrogen-bond donors (Lipinski definition) is 3. The van der Waals surface area contributed by atoms with Crippen molar-refractivity contribution in [2.24, 2.45) is 0 Å². The van der Waals surface area contributed by atoms with Gasteiger partial charge < -0.3 is 0 Å². The van der Waals surface area contributed by atoms with Crippen molar-refractivity contribution in [3.63, 3.8) is 0 Å². The third-order valence-corrected chi connectivity index (χ3v) is 9.29. The van der Waals surface area contributed by atoms with Crippen LogP contribution in [-0.4, -0.2) is 27.0 Å². The number of hydrogen-bond acceptors (Lipinski definition) is 6. The van der Waals surface area contributed by atoms with Crippen LogP contribution in [0.5, 0.6) is 11.5 Å². The molecule has 8 nitrogen and oxygen atoms in total. The number of alkyl halides is 1. The molecule has 0 unspecified atom stereocenters. The third kappa shape index (κ3) is 3.47. The summed E-state index contributed by atoms with van der Waals surface area (Å²) in [6.07, 6.45) is 3.92. The van der Waals surface area contributed by atoms with E-state index in [1.54, 1.807) is 24.5 Å². The molecule has 2 aromatic heterocycles. The molecule has 30 heavy (non-hydrogen) atoms. The average Bonchev–Trinajstić information content (AvgIpc) is 3.08. The summed E-state index contributed by atoms with van der Waals surface area (Å²) < 4.78 is 31.1. The van der Waals surface area contributed by atoms with E-state index < -0.39 is 49.5 Å². The van der Waals surface area contributed by atoms with Gasteiger partial charge in [0.25, 0.3) is 0 Å². The number of rotatable bonds is 3. The Morgan fingerprint density at radius 3 is 3.13 bits per heavy atom. The first-order chi connectivity index (χ1) is 14.7. The summed E-state index contributed by atoms with van der Waals surface area (Å²) in [4.78, 5) is 20.6. The third-order valence-electron chi connectivity index (χ3n) is 4.74. The summed E-state index contributed by atoms with van der Waals surface area (Å²) in [6, 6.07) is 6.42. The number of benzene rings is 1. The Morgan fingerprint density at radius 2 is 2.27 bits per heavy atom. The SMILES string of the molecule is COc1c(F)cccc1Nc1c2[nH]c3c1C(=O)N[C@@H](C3)[I-]O[I-]Oc1cnccc1-2. The molecule has 1 amide bonds. The van der Waals surface area contributed by atoms with Crippen LogP contribution in [0.2, 0.25) is 0 Å². The normalized spacial score (nSPS) is 17.9. The van der Waals surface area contributed by atoms with Crippen molar-refractivity contribution in [3.8, 4) is 22.8 Å². The van der Waals surface area contributed by atoms with Crippen LogP contribution in [0.3, 0.4) is 0 Å². The van der Waals surface area contributed by atoms with Crippen LogP contribution in [-0.2, 0) is 7.82 Å². The molecule has 1 atom stereocenters. The van der Waals surface area contributed by atoms with Crippen LogP contribution in [0.15, 0.2) is 36.7 Å². The number of amides is 1. The van der Waals surface area contributed by atoms with Crippen LogP contribution in [0.25, 0.3) is 11.3 Å². The zero-order valence-electron chi connectivity index (χ0n) is 15.5. The number of H-pyrrole nitrogens is 1. The second-order valence-electron chi connectivity index (χ2n) is 6.48. The summed E-state index contributed by atoms with van der Waals surface area (Å²) in [5.74, 6) is -0.0422. The van der Waals surface area contributed by atoms with Gasteiger partial charge in [-0.3, -0.25) is 0 Å². The molecule has 0 fully saturated rings. The second-order valence-corrected chi connectivity index (χ2v) is 11.9. The summed E-state index contributed by atoms with van der Waals surface area (Å²) in [5, 5.41) is 6.25. The zero-order valence-corrected chi connectivity index (χ0v) is 19.8. The number of pyridine rings is 1. The molecule has 0 aliphatic carbocycles. The van der Waals surface area contributed by atoms with Crippen LogP contribution in [0.1, 0.15) is 16.1 Å². The number of fused-ring (bicyclic) bond motifs is 4. The van der Waals surface area contributed by atoms with E-state index in [-0.39, 0.29) is 15.7 Å². The van der Waals surface area contributed by atoms with E-state index in [1.807, 2.05) is 6.07 Å². The molecule has 0 spiro atoms. The van der Waals surface area contributed by atoms with E-state index in [1.165, 1.54) is 13.2 Å². The molecule has 0 saturated carbocycles. The summed E-state index contributed by atoms with van der Waals surface area (Å²) in [6.45, 7) is 0. The number of methoxy groups -OCH3 is 1.